The molecule has 0 bridgehead atoms. The average Bonchev–Trinajstić information content (AvgIpc) is 2.29. The fourth-order valence-electron chi connectivity index (χ4n) is 1.35. The summed E-state index contributed by atoms with van der Waals surface area (Å²) in [6.07, 6.45) is 3.00. The minimum absolute atomic E-state index is 0.0546. The molecule has 0 atom stereocenters. The Morgan fingerprint density at radius 1 is 1.47 bits per heavy atom. The van der Waals surface area contributed by atoms with Crippen molar-refractivity contribution in [2.45, 2.75) is 13.3 Å². The number of nitrogens with zero attached hydrogens (tertiary/aromatic N) is 2. The third-order valence-corrected chi connectivity index (χ3v) is 2.65. The molecule has 1 amide bonds. The van der Waals surface area contributed by atoms with Gasteiger partial charge in [0.15, 0.2) is 0 Å². The van der Waals surface area contributed by atoms with Gasteiger partial charge in [0.25, 0.3) is 5.91 Å². The van der Waals surface area contributed by atoms with Crippen molar-refractivity contribution < 1.29 is 14.7 Å². The van der Waals surface area contributed by atoms with Crippen LogP contribution in [0.2, 0.25) is 0 Å². The molecule has 1 aromatic heterocycles. The van der Waals surface area contributed by atoms with E-state index in [-0.39, 0.29) is 18.9 Å². The van der Waals surface area contributed by atoms with Crippen molar-refractivity contribution in [2.24, 2.45) is 0 Å². The number of rotatable bonds is 5. The lowest BCUT2D eigenvalue weighted by Crippen LogP contribution is -2.32. The van der Waals surface area contributed by atoms with Crippen LogP contribution < -0.4 is 0 Å². The maximum Gasteiger partial charge on any atom is 0.305 e. The number of pyridine rings is 1. The summed E-state index contributed by atoms with van der Waals surface area (Å²) in [5.74, 6) is -1.12. The van der Waals surface area contributed by atoms with E-state index < -0.39 is 5.97 Å². The largest absolute Gasteiger partial charge is 0.481 e. The number of aromatic nitrogens is 1. The standard InChI is InChI=1S/C11H13BrN2O3/c1-2-14(4-3-10(15)16)11(17)8-5-9(12)7-13-6-8/h5-7H,2-4H2,1H3,(H,15,16). The van der Waals surface area contributed by atoms with Gasteiger partial charge < -0.3 is 10.0 Å². The number of hydrogen-bond acceptors (Lipinski definition) is 3. The first kappa shape index (κ1) is 13.6. The average molecular weight is 301 g/mol. The summed E-state index contributed by atoms with van der Waals surface area (Å²) in [4.78, 5) is 27.9. The molecule has 1 heterocycles. The molecule has 1 aromatic rings. The Kier molecular flexibility index (Phi) is 5.09. The molecule has 17 heavy (non-hydrogen) atoms. The van der Waals surface area contributed by atoms with Crippen LogP contribution in [0.25, 0.3) is 0 Å². The number of hydrogen-bond donors (Lipinski definition) is 1. The van der Waals surface area contributed by atoms with Crippen LogP contribution in [0.15, 0.2) is 22.9 Å². The van der Waals surface area contributed by atoms with E-state index in [2.05, 4.69) is 20.9 Å². The maximum absolute atomic E-state index is 12.0. The van der Waals surface area contributed by atoms with Crippen LogP contribution in [-0.4, -0.2) is 40.0 Å². The molecule has 0 aliphatic rings. The van der Waals surface area contributed by atoms with Gasteiger partial charge in [0.2, 0.25) is 0 Å². The third-order valence-electron chi connectivity index (χ3n) is 2.22. The number of carboxylic acids is 1. The Morgan fingerprint density at radius 3 is 2.71 bits per heavy atom. The molecule has 0 fully saturated rings. The van der Waals surface area contributed by atoms with E-state index in [1.165, 1.54) is 11.1 Å². The van der Waals surface area contributed by atoms with Crippen molar-refractivity contribution in [3.05, 3.63) is 28.5 Å². The Hall–Kier alpha value is -1.43. The highest BCUT2D eigenvalue weighted by atomic mass is 79.9. The zero-order chi connectivity index (χ0) is 12.8. The number of amides is 1. The summed E-state index contributed by atoms with van der Waals surface area (Å²) in [7, 11) is 0. The number of carbonyl (C=O) groups is 2. The molecule has 0 spiro atoms. The van der Waals surface area contributed by atoms with E-state index in [0.717, 1.165) is 4.47 Å². The number of aliphatic carboxylic acids is 1. The second-order valence-electron chi connectivity index (χ2n) is 3.42. The van der Waals surface area contributed by atoms with Gasteiger partial charge >= 0.3 is 5.97 Å². The number of halogens is 1. The van der Waals surface area contributed by atoms with Crippen molar-refractivity contribution >= 4 is 27.8 Å². The predicted octanol–water partition coefficient (Wildman–Crippen LogP) is 1.78. The Bertz CT molecular complexity index is 423. The highest BCUT2D eigenvalue weighted by Crippen LogP contribution is 2.11. The van der Waals surface area contributed by atoms with Crippen LogP contribution in [0.1, 0.15) is 23.7 Å². The molecule has 0 saturated heterocycles. The van der Waals surface area contributed by atoms with Crippen LogP contribution in [0.4, 0.5) is 0 Å². The molecule has 1 rings (SSSR count). The van der Waals surface area contributed by atoms with Crippen molar-refractivity contribution in [3.8, 4) is 0 Å². The lowest BCUT2D eigenvalue weighted by molar-refractivity contribution is -0.137. The van der Waals surface area contributed by atoms with E-state index >= 15 is 0 Å². The van der Waals surface area contributed by atoms with Crippen molar-refractivity contribution in [1.82, 2.24) is 9.88 Å². The Balaban J connectivity index is 2.75. The molecular weight excluding hydrogens is 288 g/mol. The van der Waals surface area contributed by atoms with Gasteiger partial charge in [-0.05, 0) is 28.9 Å². The summed E-state index contributed by atoms with van der Waals surface area (Å²) in [6.45, 7) is 2.49. The van der Waals surface area contributed by atoms with Crippen LogP contribution in [-0.2, 0) is 4.79 Å². The monoisotopic (exact) mass is 300 g/mol. The molecule has 5 nitrogen and oxygen atoms in total. The molecular formula is C11H13BrN2O3. The highest BCUT2D eigenvalue weighted by molar-refractivity contribution is 9.10. The third kappa shape index (κ3) is 4.14. The molecule has 0 radical (unpaired) electrons. The SMILES string of the molecule is CCN(CCC(=O)O)C(=O)c1cncc(Br)c1. The first-order valence-corrected chi connectivity index (χ1v) is 5.95. The zero-order valence-corrected chi connectivity index (χ0v) is 11.0. The molecule has 0 aromatic carbocycles. The van der Waals surface area contributed by atoms with E-state index in [4.69, 9.17) is 5.11 Å². The van der Waals surface area contributed by atoms with Gasteiger partial charge in [-0.1, -0.05) is 0 Å². The van der Waals surface area contributed by atoms with Gasteiger partial charge in [0, 0.05) is 30.0 Å². The molecule has 92 valence electrons. The number of carbonyl (C=O) groups excluding carboxylic acids is 1. The molecule has 1 N–H and O–H groups in total. The van der Waals surface area contributed by atoms with E-state index in [0.29, 0.717) is 12.1 Å². The lowest BCUT2D eigenvalue weighted by Gasteiger charge is -2.19. The Morgan fingerprint density at radius 2 is 2.18 bits per heavy atom. The van der Waals surface area contributed by atoms with Gasteiger partial charge in [0.1, 0.15) is 0 Å². The van der Waals surface area contributed by atoms with Crippen molar-refractivity contribution in [1.29, 1.82) is 0 Å². The highest BCUT2D eigenvalue weighted by Gasteiger charge is 2.15. The minimum atomic E-state index is -0.913. The molecule has 0 aliphatic heterocycles. The van der Waals surface area contributed by atoms with E-state index in [9.17, 15) is 9.59 Å². The van der Waals surface area contributed by atoms with Crippen LogP contribution in [0.3, 0.4) is 0 Å². The minimum Gasteiger partial charge on any atom is -0.481 e. The van der Waals surface area contributed by atoms with E-state index in [1.807, 2.05) is 6.92 Å². The van der Waals surface area contributed by atoms with Gasteiger partial charge in [-0.2, -0.15) is 0 Å². The quantitative estimate of drug-likeness (QED) is 0.900. The summed E-state index contributed by atoms with van der Waals surface area (Å²) < 4.78 is 0.720. The summed E-state index contributed by atoms with van der Waals surface area (Å²) in [5, 5.41) is 8.60. The van der Waals surface area contributed by atoms with Crippen LogP contribution in [0, 0.1) is 0 Å². The van der Waals surface area contributed by atoms with Crippen molar-refractivity contribution in [3.63, 3.8) is 0 Å². The second-order valence-corrected chi connectivity index (χ2v) is 4.34. The Labute approximate surface area is 108 Å². The van der Waals surface area contributed by atoms with Gasteiger partial charge in [0.05, 0.1) is 12.0 Å². The van der Waals surface area contributed by atoms with Crippen LogP contribution in [0.5, 0.6) is 0 Å². The first-order chi connectivity index (χ1) is 8.04. The van der Waals surface area contributed by atoms with E-state index in [1.54, 1.807) is 12.3 Å². The molecule has 0 aliphatic carbocycles. The molecule has 0 saturated carbocycles. The first-order valence-electron chi connectivity index (χ1n) is 5.16. The van der Waals surface area contributed by atoms with Gasteiger partial charge in [-0.15, -0.1) is 0 Å². The predicted molar refractivity (Wildman–Crippen MR) is 65.8 cm³/mol. The van der Waals surface area contributed by atoms with Crippen molar-refractivity contribution in [2.75, 3.05) is 13.1 Å². The topological polar surface area (TPSA) is 70.5 Å². The summed E-state index contributed by atoms with van der Waals surface area (Å²) in [6, 6.07) is 1.67. The fraction of sp³-hybridized carbons (Fsp3) is 0.364. The molecule has 6 heteroatoms. The fourth-order valence-corrected chi connectivity index (χ4v) is 1.71. The van der Waals surface area contributed by atoms with Crippen LogP contribution >= 0.6 is 15.9 Å². The van der Waals surface area contributed by atoms with Gasteiger partial charge in [-0.3, -0.25) is 14.6 Å². The number of carboxylic acid groups (broad SMARTS) is 1. The van der Waals surface area contributed by atoms with Gasteiger partial charge in [-0.25, -0.2) is 0 Å². The smallest absolute Gasteiger partial charge is 0.305 e. The lowest BCUT2D eigenvalue weighted by atomic mass is 10.2. The normalized spacial score (nSPS) is 10.0. The summed E-state index contributed by atoms with van der Waals surface area (Å²) >= 11 is 3.24. The maximum atomic E-state index is 12.0. The zero-order valence-electron chi connectivity index (χ0n) is 9.39. The summed E-state index contributed by atoms with van der Waals surface area (Å²) in [5.41, 5.74) is 0.451. The molecule has 0 unspecified atom stereocenters. The second kappa shape index (κ2) is 6.34.